The van der Waals surface area contributed by atoms with Gasteiger partial charge >= 0.3 is 2.85 Å². The molecule has 0 aliphatic heterocycles. The number of imidazole rings is 1. The van der Waals surface area contributed by atoms with Gasteiger partial charge in [0.1, 0.15) is 0 Å². The van der Waals surface area contributed by atoms with Crippen LogP contribution in [0.5, 0.6) is 0 Å². The van der Waals surface area contributed by atoms with E-state index in [9.17, 15) is 0 Å². The van der Waals surface area contributed by atoms with Gasteiger partial charge in [0.05, 0.1) is 6.33 Å². The van der Waals surface area contributed by atoms with E-state index in [0.29, 0.717) is 0 Å². The van der Waals surface area contributed by atoms with Crippen molar-refractivity contribution in [3.63, 3.8) is 0 Å². The molecule has 0 fully saturated rings. The lowest BCUT2D eigenvalue weighted by Gasteiger charge is -1.76. The van der Waals surface area contributed by atoms with Gasteiger partial charge in [-0.15, -0.1) is 0 Å². The van der Waals surface area contributed by atoms with Crippen molar-refractivity contribution >= 4 is 0 Å². The third kappa shape index (κ3) is 0.407. The minimum absolute atomic E-state index is 0. The summed E-state index contributed by atoms with van der Waals surface area (Å²) in [5.74, 6) is 0. The zero-order chi connectivity index (χ0) is 4.41. The Balaban J connectivity index is 0. The monoisotopic (exact) mass is 84.1 g/mol. The summed E-state index contributed by atoms with van der Waals surface area (Å²) < 4.78 is 1.89. The van der Waals surface area contributed by atoms with Gasteiger partial charge in [-0.25, -0.2) is 4.98 Å². The number of aromatic nitrogens is 2. The Hall–Kier alpha value is -0.790. The molecule has 1 aromatic rings. The highest BCUT2D eigenvalue weighted by molar-refractivity contribution is 4.70. The molecule has 0 atom stereocenters. The fourth-order valence-electron chi connectivity index (χ4n) is 0.326. The topological polar surface area (TPSA) is 17.8 Å². The summed E-state index contributed by atoms with van der Waals surface area (Å²) in [5.41, 5.74) is 0. The second-order valence-corrected chi connectivity index (χ2v) is 1.23. The molecule has 0 aliphatic rings. The van der Waals surface area contributed by atoms with Crippen LogP contribution in [0.15, 0.2) is 18.7 Å². The standard InChI is InChI=1S/C4H6N2/c1-6-3-2-5-4-6/h2-4H,1H3/p+2. The SMILES string of the molecule is Cn1ccnc1.[H+].[H+]. The first kappa shape index (κ1) is 3.40. The Kier molecular flexibility index (Phi) is 0.638. The van der Waals surface area contributed by atoms with Crippen LogP contribution in [0.25, 0.3) is 0 Å². The molecule has 0 saturated carbocycles. The second kappa shape index (κ2) is 1.12. The highest BCUT2D eigenvalue weighted by atomic mass is 15.0. The van der Waals surface area contributed by atoms with Crippen molar-refractivity contribution < 1.29 is 2.85 Å². The Morgan fingerprint density at radius 2 is 2.67 bits per heavy atom. The summed E-state index contributed by atoms with van der Waals surface area (Å²) in [6, 6.07) is 0. The van der Waals surface area contributed by atoms with Gasteiger partial charge in [-0.2, -0.15) is 0 Å². The average molecular weight is 84.1 g/mol. The van der Waals surface area contributed by atoms with Crippen LogP contribution in [-0.4, -0.2) is 9.55 Å². The van der Waals surface area contributed by atoms with Crippen molar-refractivity contribution in [2.45, 2.75) is 0 Å². The Morgan fingerprint density at radius 3 is 2.83 bits per heavy atom. The van der Waals surface area contributed by atoms with Gasteiger partial charge in [0.2, 0.25) is 0 Å². The molecule has 0 spiro atoms. The quantitative estimate of drug-likeness (QED) is 0.451. The molecule has 0 N–H and O–H groups in total. The van der Waals surface area contributed by atoms with Crippen LogP contribution in [0.3, 0.4) is 0 Å². The summed E-state index contributed by atoms with van der Waals surface area (Å²) in [6.07, 6.45) is 5.39. The van der Waals surface area contributed by atoms with Gasteiger partial charge in [0.15, 0.2) is 0 Å². The van der Waals surface area contributed by atoms with E-state index in [4.69, 9.17) is 0 Å². The molecule has 0 bridgehead atoms. The molecule has 0 amide bonds. The molecular weight excluding hydrogens is 76.1 g/mol. The first-order valence-corrected chi connectivity index (χ1v) is 1.81. The molecule has 0 aromatic carbocycles. The predicted octanol–water partition coefficient (Wildman–Crippen LogP) is 0.645. The minimum atomic E-state index is 0. The van der Waals surface area contributed by atoms with E-state index in [1.165, 1.54) is 0 Å². The number of nitrogens with zero attached hydrogens (tertiary/aromatic N) is 2. The predicted molar refractivity (Wildman–Crippen MR) is 25.4 cm³/mol. The fourth-order valence-corrected chi connectivity index (χ4v) is 0.326. The van der Waals surface area contributed by atoms with Crippen molar-refractivity contribution in [2.24, 2.45) is 7.05 Å². The molecule has 0 aliphatic carbocycles. The normalized spacial score (nSPS) is 8.83. The van der Waals surface area contributed by atoms with E-state index in [1.54, 1.807) is 12.5 Å². The maximum absolute atomic E-state index is 3.78. The molecule has 0 radical (unpaired) electrons. The van der Waals surface area contributed by atoms with Gasteiger partial charge in [-0.3, -0.25) is 0 Å². The summed E-state index contributed by atoms with van der Waals surface area (Å²) in [4.78, 5) is 3.78. The third-order valence-corrected chi connectivity index (χ3v) is 0.637. The van der Waals surface area contributed by atoms with Crippen LogP contribution >= 0.6 is 0 Å². The van der Waals surface area contributed by atoms with E-state index < -0.39 is 0 Å². The first-order valence-electron chi connectivity index (χ1n) is 1.81. The van der Waals surface area contributed by atoms with Crippen molar-refractivity contribution in [1.82, 2.24) is 9.55 Å². The largest absolute Gasteiger partial charge is 1.00 e. The lowest BCUT2D eigenvalue weighted by molar-refractivity contribution is 0.913. The van der Waals surface area contributed by atoms with Gasteiger partial charge < -0.3 is 4.57 Å². The van der Waals surface area contributed by atoms with Crippen LogP contribution in [0.4, 0.5) is 0 Å². The maximum atomic E-state index is 3.78. The van der Waals surface area contributed by atoms with Crippen LogP contribution in [0, 0.1) is 0 Å². The first-order chi connectivity index (χ1) is 2.89. The summed E-state index contributed by atoms with van der Waals surface area (Å²) >= 11 is 0. The smallest absolute Gasteiger partial charge is 0.341 e. The van der Waals surface area contributed by atoms with Gasteiger partial charge in [-0.05, 0) is 0 Å². The molecule has 2 nitrogen and oxygen atoms in total. The average Bonchev–Trinajstić information content (AvgIpc) is 1.86. The molecule has 0 saturated heterocycles. The molecule has 1 rings (SSSR count). The third-order valence-electron chi connectivity index (χ3n) is 0.637. The molecule has 0 unspecified atom stereocenters. The van der Waals surface area contributed by atoms with E-state index in [2.05, 4.69) is 4.98 Å². The van der Waals surface area contributed by atoms with Gasteiger partial charge in [0, 0.05) is 19.4 Å². The van der Waals surface area contributed by atoms with Crippen LogP contribution in [-0.2, 0) is 7.05 Å². The molecule has 32 valence electrons. The second-order valence-electron chi connectivity index (χ2n) is 1.23. The van der Waals surface area contributed by atoms with Crippen LogP contribution < -0.4 is 0 Å². The molecule has 1 heterocycles. The van der Waals surface area contributed by atoms with E-state index in [1.807, 2.05) is 17.8 Å². The van der Waals surface area contributed by atoms with Gasteiger partial charge in [0.25, 0.3) is 0 Å². The highest BCUT2D eigenvalue weighted by Crippen LogP contribution is 1.73. The molecule has 6 heavy (non-hydrogen) atoms. The zero-order valence-corrected chi connectivity index (χ0v) is 3.63. The Bertz CT molecular complexity index is 116. The Labute approximate surface area is 39.4 Å². The number of hydrogen-bond acceptors (Lipinski definition) is 1. The summed E-state index contributed by atoms with van der Waals surface area (Å²) in [5, 5.41) is 0. The maximum Gasteiger partial charge on any atom is 1.00 e. The lowest BCUT2D eigenvalue weighted by atomic mass is 10.9. The van der Waals surface area contributed by atoms with Crippen molar-refractivity contribution in [3.8, 4) is 0 Å². The lowest BCUT2D eigenvalue weighted by Crippen LogP contribution is -1.76. The fraction of sp³-hybridized carbons (Fsp3) is 0.250. The minimum Gasteiger partial charge on any atom is -0.341 e. The highest BCUT2D eigenvalue weighted by Gasteiger charge is 1.69. The van der Waals surface area contributed by atoms with Crippen molar-refractivity contribution in [2.75, 3.05) is 0 Å². The van der Waals surface area contributed by atoms with Crippen molar-refractivity contribution in [1.29, 1.82) is 0 Å². The molecule has 2 heteroatoms. The number of rotatable bonds is 0. The summed E-state index contributed by atoms with van der Waals surface area (Å²) in [6.45, 7) is 0. The van der Waals surface area contributed by atoms with E-state index >= 15 is 0 Å². The van der Waals surface area contributed by atoms with E-state index in [-0.39, 0.29) is 2.85 Å². The zero-order valence-electron chi connectivity index (χ0n) is 5.63. The van der Waals surface area contributed by atoms with E-state index in [0.717, 1.165) is 0 Å². The van der Waals surface area contributed by atoms with Gasteiger partial charge in [-0.1, -0.05) is 0 Å². The number of aryl methyl sites for hydroxylation is 1. The number of hydrogen-bond donors (Lipinski definition) is 0. The van der Waals surface area contributed by atoms with Crippen molar-refractivity contribution in [3.05, 3.63) is 18.7 Å². The summed E-state index contributed by atoms with van der Waals surface area (Å²) in [7, 11) is 1.94. The van der Waals surface area contributed by atoms with Crippen LogP contribution in [0.2, 0.25) is 0 Å². The molecule has 1 aromatic heterocycles. The Morgan fingerprint density at radius 1 is 1.83 bits per heavy atom. The molecular formula is C4H8N2+2. The van der Waals surface area contributed by atoms with Crippen LogP contribution in [0.1, 0.15) is 2.85 Å².